The standard InChI is InChI=1S/C4H6INS/c5-2-1-3-7-4-6/h1-3H2. The second-order valence-corrected chi connectivity index (χ2v) is 2.94. The van der Waals surface area contributed by atoms with Crippen LogP contribution in [0.3, 0.4) is 0 Å². The number of halogens is 1. The normalized spacial score (nSPS) is 8.00. The summed E-state index contributed by atoms with van der Waals surface area (Å²) in [7, 11) is 0. The van der Waals surface area contributed by atoms with E-state index in [1.165, 1.54) is 11.8 Å². The van der Waals surface area contributed by atoms with Gasteiger partial charge in [-0.1, -0.05) is 22.6 Å². The highest BCUT2D eigenvalue weighted by Gasteiger charge is 1.81. The molecule has 0 spiro atoms. The Hall–Kier alpha value is 0.570. The van der Waals surface area contributed by atoms with Gasteiger partial charge in [0.15, 0.2) is 0 Å². The molecule has 0 atom stereocenters. The number of thiocyanates is 1. The summed E-state index contributed by atoms with van der Waals surface area (Å²) in [5.41, 5.74) is 0. The maximum absolute atomic E-state index is 8.00. The summed E-state index contributed by atoms with van der Waals surface area (Å²) in [6.07, 6.45) is 1.15. The van der Waals surface area contributed by atoms with Gasteiger partial charge in [0.05, 0.1) is 0 Å². The monoisotopic (exact) mass is 227 g/mol. The summed E-state index contributed by atoms with van der Waals surface area (Å²) in [6, 6.07) is 0. The molecule has 0 amide bonds. The van der Waals surface area contributed by atoms with Gasteiger partial charge in [0.1, 0.15) is 5.40 Å². The van der Waals surface area contributed by atoms with Crippen LogP contribution >= 0.6 is 34.4 Å². The summed E-state index contributed by atoms with van der Waals surface area (Å²) in [5.74, 6) is 0.986. The lowest BCUT2D eigenvalue weighted by Gasteiger charge is -1.82. The Labute approximate surface area is 61.6 Å². The zero-order chi connectivity index (χ0) is 5.54. The van der Waals surface area contributed by atoms with Gasteiger partial charge in [-0.3, -0.25) is 0 Å². The lowest BCUT2D eigenvalue weighted by atomic mass is 10.6. The minimum atomic E-state index is 0.986. The quantitative estimate of drug-likeness (QED) is 0.319. The average Bonchev–Trinajstić information content (AvgIpc) is 1.69. The summed E-state index contributed by atoms with van der Waals surface area (Å²) in [6.45, 7) is 0. The fourth-order valence-electron chi connectivity index (χ4n) is 0.172. The van der Waals surface area contributed by atoms with Gasteiger partial charge < -0.3 is 0 Å². The zero-order valence-corrected chi connectivity index (χ0v) is 6.83. The molecule has 0 rings (SSSR count). The van der Waals surface area contributed by atoms with Crippen LogP contribution in [-0.4, -0.2) is 10.2 Å². The summed E-state index contributed by atoms with van der Waals surface area (Å²) in [4.78, 5) is 0. The van der Waals surface area contributed by atoms with E-state index in [-0.39, 0.29) is 0 Å². The van der Waals surface area contributed by atoms with E-state index >= 15 is 0 Å². The fourth-order valence-corrected chi connectivity index (χ4v) is 1.45. The van der Waals surface area contributed by atoms with Crippen LogP contribution in [0.5, 0.6) is 0 Å². The molecule has 40 valence electrons. The Morgan fingerprint density at radius 3 is 2.86 bits per heavy atom. The summed E-state index contributed by atoms with van der Waals surface area (Å²) >= 11 is 3.64. The van der Waals surface area contributed by atoms with E-state index in [9.17, 15) is 0 Å². The Morgan fingerprint density at radius 1 is 1.71 bits per heavy atom. The van der Waals surface area contributed by atoms with Gasteiger partial charge in [-0.2, -0.15) is 5.26 Å². The molecule has 0 radical (unpaired) electrons. The van der Waals surface area contributed by atoms with Crippen LogP contribution in [0.1, 0.15) is 6.42 Å². The molecule has 3 heteroatoms. The van der Waals surface area contributed by atoms with Gasteiger partial charge in [-0.15, -0.1) is 0 Å². The molecule has 0 N–H and O–H groups in total. The Morgan fingerprint density at radius 2 is 2.43 bits per heavy atom. The van der Waals surface area contributed by atoms with Gasteiger partial charge in [-0.05, 0) is 18.2 Å². The third kappa shape index (κ3) is 6.57. The highest BCUT2D eigenvalue weighted by atomic mass is 127. The second kappa shape index (κ2) is 6.57. The Balaban J connectivity index is 2.60. The summed E-state index contributed by atoms with van der Waals surface area (Å²) in [5, 5.41) is 10.0. The molecule has 0 aromatic carbocycles. The molecule has 1 nitrogen and oxygen atoms in total. The van der Waals surface area contributed by atoms with Crippen molar-refractivity contribution in [2.45, 2.75) is 6.42 Å². The van der Waals surface area contributed by atoms with E-state index in [2.05, 4.69) is 22.6 Å². The third-order valence-corrected chi connectivity index (χ3v) is 1.83. The number of rotatable bonds is 3. The van der Waals surface area contributed by atoms with Crippen molar-refractivity contribution in [3.8, 4) is 5.40 Å². The lowest BCUT2D eigenvalue weighted by molar-refractivity contribution is 1.15. The van der Waals surface area contributed by atoms with Gasteiger partial charge in [0, 0.05) is 10.2 Å². The predicted octanol–water partition coefficient (Wildman–Crippen LogP) is 2.03. The number of thioether (sulfide) groups is 1. The SMILES string of the molecule is N#CSCCCI. The number of nitriles is 1. The van der Waals surface area contributed by atoms with Gasteiger partial charge in [-0.25, -0.2) is 0 Å². The van der Waals surface area contributed by atoms with Crippen LogP contribution < -0.4 is 0 Å². The van der Waals surface area contributed by atoms with Gasteiger partial charge in [0.25, 0.3) is 0 Å². The molecule has 0 aliphatic heterocycles. The van der Waals surface area contributed by atoms with Crippen LogP contribution in [-0.2, 0) is 0 Å². The van der Waals surface area contributed by atoms with Crippen molar-refractivity contribution in [2.75, 3.05) is 10.2 Å². The maximum Gasteiger partial charge on any atom is 0.133 e. The number of nitrogens with zero attached hydrogens (tertiary/aromatic N) is 1. The first-order valence-corrected chi connectivity index (χ1v) is 4.49. The topological polar surface area (TPSA) is 23.8 Å². The molecule has 0 aliphatic carbocycles. The van der Waals surface area contributed by atoms with E-state index < -0.39 is 0 Å². The minimum absolute atomic E-state index is 0.986. The van der Waals surface area contributed by atoms with E-state index in [1.807, 2.05) is 5.40 Å². The molecule has 0 heterocycles. The van der Waals surface area contributed by atoms with Crippen molar-refractivity contribution in [3.05, 3.63) is 0 Å². The van der Waals surface area contributed by atoms with Gasteiger partial charge in [0.2, 0.25) is 0 Å². The number of hydrogen-bond donors (Lipinski definition) is 0. The molecule has 0 aromatic heterocycles. The highest BCUT2D eigenvalue weighted by molar-refractivity contribution is 14.1. The van der Waals surface area contributed by atoms with E-state index in [0.29, 0.717) is 0 Å². The van der Waals surface area contributed by atoms with Crippen molar-refractivity contribution in [3.63, 3.8) is 0 Å². The van der Waals surface area contributed by atoms with E-state index in [1.54, 1.807) is 0 Å². The molecule has 7 heavy (non-hydrogen) atoms. The van der Waals surface area contributed by atoms with Crippen LogP contribution in [0.4, 0.5) is 0 Å². The molecular weight excluding hydrogens is 221 g/mol. The molecule has 0 unspecified atom stereocenters. The van der Waals surface area contributed by atoms with Crippen LogP contribution in [0.25, 0.3) is 0 Å². The average molecular weight is 227 g/mol. The summed E-state index contributed by atoms with van der Waals surface area (Å²) < 4.78 is 1.16. The largest absolute Gasteiger partial charge is 0.185 e. The first-order valence-electron chi connectivity index (χ1n) is 1.98. The maximum atomic E-state index is 8.00. The second-order valence-electron chi connectivity index (χ2n) is 0.982. The van der Waals surface area contributed by atoms with Crippen LogP contribution in [0.2, 0.25) is 0 Å². The first-order chi connectivity index (χ1) is 3.41. The minimum Gasteiger partial charge on any atom is -0.185 e. The first kappa shape index (κ1) is 7.57. The van der Waals surface area contributed by atoms with Crippen molar-refractivity contribution < 1.29 is 0 Å². The number of hydrogen-bond acceptors (Lipinski definition) is 2. The predicted molar refractivity (Wildman–Crippen MR) is 41.6 cm³/mol. The molecular formula is C4H6INS. The molecule has 0 saturated carbocycles. The highest BCUT2D eigenvalue weighted by Crippen LogP contribution is 1.99. The van der Waals surface area contributed by atoms with Crippen molar-refractivity contribution in [1.82, 2.24) is 0 Å². The smallest absolute Gasteiger partial charge is 0.133 e. The Kier molecular flexibility index (Phi) is 7.10. The Bertz CT molecular complexity index is 68.6. The van der Waals surface area contributed by atoms with Crippen molar-refractivity contribution in [2.24, 2.45) is 0 Å². The third-order valence-electron chi connectivity index (χ3n) is 0.445. The molecule has 0 aliphatic rings. The molecule has 0 fully saturated rings. The van der Waals surface area contributed by atoms with Crippen molar-refractivity contribution in [1.29, 1.82) is 5.26 Å². The van der Waals surface area contributed by atoms with Crippen LogP contribution in [0, 0.1) is 10.7 Å². The lowest BCUT2D eigenvalue weighted by Crippen LogP contribution is -1.74. The molecule has 0 bridgehead atoms. The zero-order valence-electron chi connectivity index (χ0n) is 3.85. The van der Waals surface area contributed by atoms with E-state index in [4.69, 9.17) is 5.26 Å². The number of alkyl halides is 1. The van der Waals surface area contributed by atoms with Crippen LogP contribution in [0.15, 0.2) is 0 Å². The van der Waals surface area contributed by atoms with Crippen molar-refractivity contribution >= 4 is 34.4 Å². The molecule has 0 saturated heterocycles. The molecule has 0 aromatic rings. The van der Waals surface area contributed by atoms with Gasteiger partial charge >= 0.3 is 0 Å². The fraction of sp³-hybridized carbons (Fsp3) is 0.750. The van der Waals surface area contributed by atoms with E-state index in [0.717, 1.165) is 16.6 Å².